The summed E-state index contributed by atoms with van der Waals surface area (Å²) in [5, 5.41) is 0. The minimum atomic E-state index is -0.551. The highest BCUT2D eigenvalue weighted by Crippen LogP contribution is 2.79. The van der Waals surface area contributed by atoms with Crippen LogP contribution in [0, 0.1) is 28.6 Å². The van der Waals surface area contributed by atoms with Crippen molar-refractivity contribution in [3.8, 4) is 0 Å². The molecule has 1 aliphatic heterocycles. The van der Waals surface area contributed by atoms with Gasteiger partial charge in [0.25, 0.3) is 0 Å². The maximum absolute atomic E-state index is 12.4. The molecule has 0 amide bonds. The molecule has 4 nitrogen and oxygen atoms in total. The number of fused-ring (bicyclic) bond motifs is 1. The lowest BCUT2D eigenvalue weighted by molar-refractivity contribution is -0.268. The number of carbonyl (C=O) groups is 1. The van der Waals surface area contributed by atoms with Gasteiger partial charge in [-0.1, -0.05) is 32.4 Å². The summed E-state index contributed by atoms with van der Waals surface area (Å²) in [5.74, 6) is -0.264. The van der Waals surface area contributed by atoms with Crippen LogP contribution in [-0.2, 0) is 19.0 Å². The Morgan fingerprint density at radius 1 is 1.27 bits per heavy atom. The highest BCUT2D eigenvalue weighted by Gasteiger charge is 2.86. The highest BCUT2D eigenvalue weighted by molar-refractivity contribution is 5.77. The first kappa shape index (κ1) is 14.7. The zero-order chi connectivity index (χ0) is 15.6. The van der Waals surface area contributed by atoms with Crippen molar-refractivity contribution >= 4 is 5.97 Å². The summed E-state index contributed by atoms with van der Waals surface area (Å²) in [4.78, 5) is 12.4. The average molecular weight is 306 g/mol. The van der Waals surface area contributed by atoms with E-state index in [9.17, 15) is 4.79 Å². The van der Waals surface area contributed by atoms with Crippen LogP contribution in [-0.4, -0.2) is 31.6 Å². The summed E-state index contributed by atoms with van der Waals surface area (Å²) in [6.07, 6.45) is 7.76. The fourth-order valence-corrected chi connectivity index (χ4v) is 5.18. The molecule has 0 unspecified atom stereocenters. The summed E-state index contributed by atoms with van der Waals surface area (Å²) in [7, 11) is 0. The third-order valence-electron chi connectivity index (χ3n) is 6.12. The molecule has 0 aromatic heterocycles. The Balaban J connectivity index is 1.66. The van der Waals surface area contributed by atoms with Crippen LogP contribution in [0.5, 0.6) is 0 Å². The van der Waals surface area contributed by atoms with Gasteiger partial charge in [0, 0.05) is 16.7 Å². The summed E-state index contributed by atoms with van der Waals surface area (Å²) < 4.78 is 18.0. The molecular formula is C18H26O4. The third-order valence-corrected chi connectivity index (χ3v) is 6.12. The smallest absolute Gasteiger partial charge is 0.313 e. The summed E-state index contributed by atoms with van der Waals surface area (Å²) >= 11 is 0. The molecule has 0 aromatic rings. The molecule has 122 valence electrons. The second-order valence-electron chi connectivity index (χ2n) is 8.09. The number of hydrogen-bond acceptors (Lipinski definition) is 4. The minimum absolute atomic E-state index is 0.00960. The lowest BCUT2D eigenvalue weighted by Crippen LogP contribution is -2.43. The van der Waals surface area contributed by atoms with Crippen molar-refractivity contribution in [2.24, 2.45) is 28.6 Å². The molecule has 4 atom stereocenters. The predicted octanol–water partition coefficient (Wildman–Crippen LogP) is 2.92. The Hall–Kier alpha value is -0.870. The van der Waals surface area contributed by atoms with E-state index in [1.807, 2.05) is 6.92 Å². The minimum Gasteiger partial charge on any atom is -0.466 e. The van der Waals surface area contributed by atoms with Crippen molar-refractivity contribution in [2.75, 3.05) is 19.8 Å². The van der Waals surface area contributed by atoms with Crippen molar-refractivity contribution in [3.05, 3.63) is 12.2 Å². The molecule has 3 aliphatic carbocycles. The van der Waals surface area contributed by atoms with Crippen LogP contribution < -0.4 is 0 Å². The van der Waals surface area contributed by atoms with Crippen LogP contribution in [0.4, 0.5) is 0 Å². The first-order chi connectivity index (χ1) is 10.5. The molecular weight excluding hydrogens is 280 g/mol. The van der Waals surface area contributed by atoms with Crippen LogP contribution in [0.15, 0.2) is 12.2 Å². The lowest BCUT2D eigenvalue weighted by atomic mass is 9.80. The highest BCUT2D eigenvalue weighted by atomic mass is 16.7. The molecule has 4 rings (SSSR count). The van der Waals surface area contributed by atoms with E-state index in [0.29, 0.717) is 25.7 Å². The fourth-order valence-electron chi connectivity index (χ4n) is 5.18. The van der Waals surface area contributed by atoms with E-state index in [4.69, 9.17) is 14.2 Å². The number of esters is 1. The third kappa shape index (κ3) is 1.68. The molecule has 1 saturated heterocycles. The van der Waals surface area contributed by atoms with E-state index in [1.165, 1.54) is 12.8 Å². The van der Waals surface area contributed by atoms with Gasteiger partial charge >= 0.3 is 5.97 Å². The van der Waals surface area contributed by atoms with Crippen LogP contribution >= 0.6 is 0 Å². The Labute approximate surface area is 132 Å². The number of rotatable bonds is 2. The van der Waals surface area contributed by atoms with Crippen molar-refractivity contribution < 1.29 is 19.0 Å². The Morgan fingerprint density at radius 2 is 2.00 bits per heavy atom. The van der Waals surface area contributed by atoms with Crippen molar-refractivity contribution in [1.82, 2.24) is 0 Å². The average Bonchev–Trinajstić information content (AvgIpc) is 2.81. The number of ether oxygens (including phenoxy) is 3. The van der Waals surface area contributed by atoms with E-state index in [1.54, 1.807) is 0 Å². The molecule has 0 aromatic carbocycles. The zero-order valence-electron chi connectivity index (χ0n) is 13.8. The van der Waals surface area contributed by atoms with Crippen molar-refractivity contribution in [1.29, 1.82) is 0 Å². The molecule has 4 aliphatic rings. The van der Waals surface area contributed by atoms with Gasteiger partial charge in [0.05, 0.1) is 25.7 Å². The second kappa shape index (κ2) is 4.57. The number of hydrogen-bond donors (Lipinski definition) is 0. The van der Waals surface area contributed by atoms with Gasteiger partial charge in [-0.05, 0) is 25.7 Å². The van der Waals surface area contributed by atoms with Gasteiger partial charge in [0.1, 0.15) is 0 Å². The Bertz CT molecular complexity index is 513. The van der Waals surface area contributed by atoms with Gasteiger partial charge in [0.2, 0.25) is 0 Å². The number of carbonyl (C=O) groups excluding carboxylic acids is 1. The topological polar surface area (TPSA) is 44.8 Å². The van der Waals surface area contributed by atoms with E-state index in [0.717, 1.165) is 6.42 Å². The quantitative estimate of drug-likeness (QED) is 0.581. The molecule has 0 N–H and O–H groups in total. The molecule has 3 fully saturated rings. The first-order valence-corrected chi connectivity index (χ1v) is 8.60. The monoisotopic (exact) mass is 306 g/mol. The normalized spacial score (nSPS) is 43.5. The number of allylic oxidation sites excluding steroid dienone is 1. The van der Waals surface area contributed by atoms with E-state index < -0.39 is 5.79 Å². The van der Waals surface area contributed by atoms with Crippen LogP contribution in [0.2, 0.25) is 0 Å². The van der Waals surface area contributed by atoms with Gasteiger partial charge < -0.3 is 14.2 Å². The molecule has 22 heavy (non-hydrogen) atoms. The van der Waals surface area contributed by atoms with Gasteiger partial charge in [-0.25, -0.2) is 0 Å². The summed E-state index contributed by atoms with van der Waals surface area (Å²) in [6, 6.07) is 0. The standard InChI is InChI=1S/C18H26O4/c1-4-20-15(19)13-8-7-12-6-5-9-17(12)14(13)18(17)21-10-16(2,3)11-22-18/h7-8,12-14H,4-6,9-11H2,1-3H3/t12-,13+,14-,17+/m1/s1. The Morgan fingerprint density at radius 3 is 2.68 bits per heavy atom. The lowest BCUT2D eigenvalue weighted by Gasteiger charge is -2.38. The maximum atomic E-state index is 12.4. The maximum Gasteiger partial charge on any atom is 0.313 e. The Kier molecular flexibility index (Phi) is 3.06. The van der Waals surface area contributed by atoms with Gasteiger partial charge in [0.15, 0.2) is 5.79 Å². The largest absolute Gasteiger partial charge is 0.466 e. The van der Waals surface area contributed by atoms with Gasteiger partial charge in [-0.2, -0.15) is 0 Å². The summed E-state index contributed by atoms with van der Waals surface area (Å²) in [6.45, 7) is 8.01. The second-order valence-corrected chi connectivity index (χ2v) is 8.09. The molecule has 2 saturated carbocycles. The molecule has 2 spiro atoms. The van der Waals surface area contributed by atoms with Crippen LogP contribution in [0.25, 0.3) is 0 Å². The predicted molar refractivity (Wildman–Crippen MR) is 80.9 cm³/mol. The molecule has 0 bridgehead atoms. The zero-order valence-corrected chi connectivity index (χ0v) is 13.8. The fraction of sp³-hybridized carbons (Fsp3) is 0.833. The van der Waals surface area contributed by atoms with Gasteiger partial charge in [-0.3, -0.25) is 4.79 Å². The first-order valence-electron chi connectivity index (χ1n) is 8.60. The molecule has 0 radical (unpaired) electrons. The van der Waals surface area contributed by atoms with Gasteiger partial charge in [-0.15, -0.1) is 0 Å². The summed E-state index contributed by atoms with van der Waals surface area (Å²) in [5.41, 5.74) is 0.0598. The van der Waals surface area contributed by atoms with E-state index in [2.05, 4.69) is 26.0 Å². The molecule has 1 heterocycles. The van der Waals surface area contributed by atoms with Crippen molar-refractivity contribution in [2.45, 2.75) is 45.8 Å². The SMILES string of the molecule is CCOC(=O)[C@H]1C=C[C@H]2CCC[C@@]23[C@@H]1C31OCC(C)(C)CO1. The van der Waals surface area contributed by atoms with Crippen molar-refractivity contribution in [3.63, 3.8) is 0 Å². The van der Waals surface area contributed by atoms with Crippen LogP contribution in [0.3, 0.4) is 0 Å². The molecule has 4 heteroatoms. The van der Waals surface area contributed by atoms with Crippen LogP contribution in [0.1, 0.15) is 40.0 Å². The van der Waals surface area contributed by atoms with E-state index >= 15 is 0 Å². The van der Waals surface area contributed by atoms with E-state index in [-0.39, 0.29) is 28.6 Å².